The van der Waals surface area contributed by atoms with Crippen LogP contribution in [0.2, 0.25) is 0 Å². The molecule has 0 aliphatic carbocycles. The highest BCUT2D eigenvalue weighted by Gasteiger charge is 2.26. The smallest absolute Gasteiger partial charge is 0.284 e. The number of rotatable bonds is 3. The van der Waals surface area contributed by atoms with Gasteiger partial charge in [-0.2, -0.15) is 5.10 Å². The fourth-order valence-corrected chi connectivity index (χ4v) is 2.15. The molecule has 1 atom stereocenters. The Labute approximate surface area is 133 Å². The summed E-state index contributed by atoms with van der Waals surface area (Å²) in [5, 5.41) is 13.6. The van der Waals surface area contributed by atoms with E-state index in [1.54, 1.807) is 30.3 Å². The first kappa shape index (κ1) is 14.9. The van der Waals surface area contributed by atoms with Gasteiger partial charge in [0.15, 0.2) is 11.5 Å². The number of aromatic hydroxyl groups is 1. The summed E-state index contributed by atoms with van der Waals surface area (Å²) in [7, 11) is 0. The van der Waals surface area contributed by atoms with Crippen LogP contribution in [0, 0.1) is 6.92 Å². The Hall–Kier alpha value is -3.02. The zero-order valence-corrected chi connectivity index (χ0v) is 12.5. The average molecular weight is 312 g/mol. The molecule has 2 aromatic rings. The summed E-state index contributed by atoms with van der Waals surface area (Å²) in [6.07, 6.45) is 0.610. The average Bonchev–Trinajstić information content (AvgIpc) is 2.56. The van der Waals surface area contributed by atoms with Gasteiger partial charge in [0.2, 0.25) is 6.10 Å². The van der Waals surface area contributed by atoms with Crippen molar-refractivity contribution in [3.8, 4) is 17.2 Å². The van der Waals surface area contributed by atoms with Crippen LogP contribution in [0.3, 0.4) is 0 Å². The van der Waals surface area contributed by atoms with Crippen molar-refractivity contribution >= 4 is 12.1 Å². The van der Waals surface area contributed by atoms with E-state index in [0.717, 1.165) is 5.56 Å². The molecule has 6 nitrogen and oxygen atoms in total. The molecule has 0 unspecified atom stereocenters. The largest absolute Gasteiger partial charge is 0.507 e. The summed E-state index contributed by atoms with van der Waals surface area (Å²) in [5.41, 5.74) is 3.84. The molecule has 0 saturated heterocycles. The third-order valence-corrected chi connectivity index (χ3v) is 3.37. The molecule has 1 aliphatic heterocycles. The molecule has 3 rings (SSSR count). The lowest BCUT2D eigenvalue weighted by Gasteiger charge is -2.24. The van der Waals surface area contributed by atoms with Crippen molar-refractivity contribution < 1.29 is 19.4 Å². The molecule has 1 heterocycles. The van der Waals surface area contributed by atoms with Gasteiger partial charge in [0.25, 0.3) is 5.91 Å². The lowest BCUT2D eigenvalue weighted by atomic mass is 10.1. The Bertz CT molecular complexity index is 758. The molecule has 0 bridgehead atoms. The van der Waals surface area contributed by atoms with Crippen LogP contribution in [0.1, 0.15) is 11.1 Å². The zero-order valence-electron chi connectivity index (χ0n) is 12.5. The number of carbonyl (C=O) groups is 1. The van der Waals surface area contributed by atoms with E-state index in [1.807, 2.05) is 19.1 Å². The van der Waals surface area contributed by atoms with Gasteiger partial charge in [-0.25, -0.2) is 5.43 Å². The molecule has 6 heteroatoms. The Balaban J connectivity index is 1.61. The number of para-hydroxylation sites is 2. The number of amides is 1. The first-order chi connectivity index (χ1) is 11.1. The van der Waals surface area contributed by atoms with Crippen LogP contribution in [0.4, 0.5) is 0 Å². The van der Waals surface area contributed by atoms with E-state index in [9.17, 15) is 9.90 Å². The van der Waals surface area contributed by atoms with Crippen molar-refractivity contribution in [3.05, 3.63) is 53.6 Å². The second kappa shape index (κ2) is 6.39. The molecule has 118 valence electrons. The molecule has 1 aliphatic rings. The monoisotopic (exact) mass is 312 g/mol. The number of phenolic OH excluding ortho intramolecular Hbond substituents is 1. The van der Waals surface area contributed by atoms with Gasteiger partial charge in [-0.1, -0.05) is 18.2 Å². The van der Waals surface area contributed by atoms with E-state index < -0.39 is 12.0 Å². The fraction of sp³-hybridized carbons (Fsp3) is 0.176. The van der Waals surface area contributed by atoms with Gasteiger partial charge in [-0.05, 0) is 36.8 Å². The van der Waals surface area contributed by atoms with Crippen LogP contribution < -0.4 is 14.9 Å². The number of hydrazone groups is 1. The molecule has 23 heavy (non-hydrogen) atoms. The number of ether oxygens (including phenoxy) is 2. The van der Waals surface area contributed by atoms with Crippen molar-refractivity contribution in [2.45, 2.75) is 13.0 Å². The Morgan fingerprint density at radius 3 is 2.87 bits per heavy atom. The number of phenols is 1. The molecule has 2 N–H and O–H groups in total. The molecule has 2 aromatic carbocycles. The minimum absolute atomic E-state index is 0.106. The fourth-order valence-electron chi connectivity index (χ4n) is 2.15. The van der Waals surface area contributed by atoms with Gasteiger partial charge in [0.05, 0.1) is 6.21 Å². The molecular weight excluding hydrogens is 296 g/mol. The first-order valence-electron chi connectivity index (χ1n) is 7.14. The Kier molecular flexibility index (Phi) is 4.14. The highest BCUT2D eigenvalue weighted by atomic mass is 16.6. The maximum Gasteiger partial charge on any atom is 0.284 e. The summed E-state index contributed by atoms with van der Waals surface area (Å²) >= 11 is 0. The first-order valence-corrected chi connectivity index (χ1v) is 7.14. The number of fused-ring (bicyclic) bond motifs is 1. The maximum atomic E-state index is 12.0. The van der Waals surface area contributed by atoms with E-state index in [-0.39, 0.29) is 12.4 Å². The van der Waals surface area contributed by atoms with Crippen LogP contribution in [-0.2, 0) is 4.79 Å². The maximum absolute atomic E-state index is 12.0. The van der Waals surface area contributed by atoms with Crippen LogP contribution >= 0.6 is 0 Å². The molecule has 0 spiro atoms. The van der Waals surface area contributed by atoms with Crippen LogP contribution in [0.25, 0.3) is 0 Å². The van der Waals surface area contributed by atoms with Crippen molar-refractivity contribution in [1.82, 2.24) is 5.43 Å². The standard InChI is InChI=1S/C17H16N2O4/c1-11-6-7-12(13(20)8-11)9-18-19-17(21)16-10-22-14-4-2-3-5-15(14)23-16/h2-9,16,20H,10H2,1H3,(H,19,21)/b18-9-/t16-/m0/s1. The van der Waals surface area contributed by atoms with E-state index in [4.69, 9.17) is 9.47 Å². The number of aryl methyl sites for hydroxylation is 1. The number of carbonyl (C=O) groups excluding carboxylic acids is 1. The van der Waals surface area contributed by atoms with Crippen molar-refractivity contribution in [3.63, 3.8) is 0 Å². The van der Waals surface area contributed by atoms with Gasteiger partial charge in [0.1, 0.15) is 12.4 Å². The summed E-state index contributed by atoms with van der Waals surface area (Å²) in [6, 6.07) is 12.3. The van der Waals surface area contributed by atoms with Gasteiger partial charge >= 0.3 is 0 Å². The molecular formula is C17H16N2O4. The summed E-state index contributed by atoms with van der Waals surface area (Å²) in [4.78, 5) is 12.0. The predicted octanol–water partition coefficient (Wildman–Crippen LogP) is 1.99. The van der Waals surface area contributed by atoms with E-state index in [0.29, 0.717) is 17.1 Å². The predicted molar refractivity (Wildman–Crippen MR) is 84.9 cm³/mol. The van der Waals surface area contributed by atoms with Crippen LogP contribution in [0.15, 0.2) is 47.6 Å². The van der Waals surface area contributed by atoms with Crippen molar-refractivity contribution in [2.24, 2.45) is 5.10 Å². The zero-order chi connectivity index (χ0) is 16.2. The van der Waals surface area contributed by atoms with Crippen molar-refractivity contribution in [1.29, 1.82) is 0 Å². The SMILES string of the molecule is Cc1ccc(/C=N\NC(=O)[C@@H]2COc3ccccc3O2)c(O)c1. The highest BCUT2D eigenvalue weighted by Crippen LogP contribution is 2.30. The lowest BCUT2D eigenvalue weighted by Crippen LogP contribution is -2.42. The van der Waals surface area contributed by atoms with Gasteiger partial charge in [-0.15, -0.1) is 0 Å². The molecule has 0 fully saturated rings. The molecule has 0 saturated carbocycles. The Morgan fingerprint density at radius 2 is 2.09 bits per heavy atom. The summed E-state index contributed by atoms with van der Waals surface area (Å²) in [5.74, 6) is 0.834. The van der Waals surface area contributed by atoms with E-state index in [2.05, 4.69) is 10.5 Å². The van der Waals surface area contributed by atoms with E-state index in [1.165, 1.54) is 6.21 Å². The van der Waals surface area contributed by atoms with Crippen LogP contribution in [0.5, 0.6) is 17.2 Å². The van der Waals surface area contributed by atoms with Gasteiger partial charge < -0.3 is 14.6 Å². The number of benzene rings is 2. The number of nitrogens with zero attached hydrogens (tertiary/aromatic N) is 1. The topological polar surface area (TPSA) is 80.2 Å². The van der Waals surface area contributed by atoms with Gasteiger partial charge in [-0.3, -0.25) is 4.79 Å². The number of hydrogen-bond donors (Lipinski definition) is 2. The third kappa shape index (κ3) is 3.42. The van der Waals surface area contributed by atoms with Crippen molar-refractivity contribution in [2.75, 3.05) is 6.61 Å². The quantitative estimate of drug-likeness (QED) is 0.671. The minimum Gasteiger partial charge on any atom is -0.507 e. The van der Waals surface area contributed by atoms with E-state index >= 15 is 0 Å². The summed E-state index contributed by atoms with van der Waals surface area (Å²) < 4.78 is 11.1. The van der Waals surface area contributed by atoms with Gasteiger partial charge in [0, 0.05) is 5.56 Å². The third-order valence-electron chi connectivity index (χ3n) is 3.37. The number of nitrogens with one attached hydrogen (secondary N) is 1. The molecule has 1 amide bonds. The second-order valence-electron chi connectivity index (χ2n) is 5.16. The Morgan fingerprint density at radius 1 is 1.30 bits per heavy atom. The lowest BCUT2D eigenvalue weighted by molar-refractivity contribution is -0.130. The normalized spacial score (nSPS) is 16.3. The minimum atomic E-state index is -0.770. The number of hydrogen-bond acceptors (Lipinski definition) is 5. The summed E-state index contributed by atoms with van der Waals surface area (Å²) in [6.45, 7) is 1.99. The second-order valence-corrected chi connectivity index (χ2v) is 5.16. The molecule has 0 radical (unpaired) electrons. The van der Waals surface area contributed by atoms with Crippen LogP contribution in [-0.4, -0.2) is 29.9 Å². The highest BCUT2D eigenvalue weighted by molar-refractivity contribution is 5.86. The molecule has 0 aromatic heterocycles.